The fourth-order valence-corrected chi connectivity index (χ4v) is 0.864. The molecule has 13 heavy (non-hydrogen) atoms. The molecule has 0 fully saturated rings. The Morgan fingerprint density at radius 3 is 2.38 bits per heavy atom. The minimum atomic E-state index is -0.0884. The summed E-state index contributed by atoms with van der Waals surface area (Å²) in [4.78, 5) is 7.77. The third kappa shape index (κ3) is 2.47. The largest absolute Gasteiger partial charge is 0.393 e. The highest BCUT2D eigenvalue weighted by Crippen LogP contribution is 2.22. The Hall–Kier alpha value is -1.52. The van der Waals surface area contributed by atoms with Crippen LogP contribution in [0.4, 0.5) is 17.3 Å². The summed E-state index contributed by atoms with van der Waals surface area (Å²) in [6.07, 6.45) is 1.39. The van der Waals surface area contributed by atoms with Crippen LogP contribution in [0.3, 0.4) is 0 Å². The maximum Gasteiger partial charge on any atom is 0.155 e. The van der Waals surface area contributed by atoms with Gasteiger partial charge in [-0.3, -0.25) is 0 Å². The van der Waals surface area contributed by atoms with Gasteiger partial charge >= 0.3 is 0 Å². The predicted molar refractivity (Wildman–Crippen MR) is 54.2 cm³/mol. The van der Waals surface area contributed by atoms with Crippen LogP contribution in [-0.2, 0) is 0 Å². The summed E-state index contributed by atoms with van der Waals surface area (Å²) in [5, 5.41) is 3.13. The molecule has 1 rings (SSSR count). The van der Waals surface area contributed by atoms with E-state index in [9.17, 15) is 0 Å². The summed E-state index contributed by atoms with van der Waals surface area (Å²) in [5.74, 6) is 0.891. The quantitative estimate of drug-likeness (QED) is 0.597. The second kappa shape index (κ2) is 3.08. The molecule has 0 amide bonds. The topological polar surface area (TPSA) is 89.8 Å². The lowest BCUT2D eigenvalue weighted by molar-refractivity contribution is 0.630. The molecule has 0 saturated carbocycles. The van der Waals surface area contributed by atoms with Crippen molar-refractivity contribution in [2.24, 2.45) is 0 Å². The molecule has 0 aliphatic heterocycles. The number of nitrogens with zero attached hydrogens (tertiary/aromatic N) is 2. The first-order valence-corrected chi connectivity index (χ1v) is 4.04. The first kappa shape index (κ1) is 9.57. The van der Waals surface area contributed by atoms with Crippen molar-refractivity contribution in [3.63, 3.8) is 0 Å². The number of nitrogens with one attached hydrogen (secondary N) is 1. The van der Waals surface area contributed by atoms with Crippen LogP contribution < -0.4 is 16.8 Å². The molecule has 5 N–H and O–H groups in total. The molecule has 0 aliphatic carbocycles. The Labute approximate surface area is 77.6 Å². The normalized spacial score (nSPS) is 11.3. The van der Waals surface area contributed by atoms with Gasteiger partial charge in [-0.15, -0.1) is 0 Å². The van der Waals surface area contributed by atoms with E-state index < -0.39 is 0 Å². The number of hydrogen-bond acceptors (Lipinski definition) is 5. The molecule has 0 radical (unpaired) electrons. The third-order valence-corrected chi connectivity index (χ3v) is 1.41. The highest BCUT2D eigenvalue weighted by Gasteiger charge is 2.13. The van der Waals surface area contributed by atoms with Gasteiger partial charge in [-0.05, 0) is 20.8 Å². The van der Waals surface area contributed by atoms with E-state index in [4.69, 9.17) is 11.5 Å². The maximum absolute atomic E-state index is 5.68. The van der Waals surface area contributed by atoms with E-state index in [1.54, 1.807) is 0 Å². The number of nitrogen functional groups attached to an aromatic ring is 2. The van der Waals surface area contributed by atoms with Gasteiger partial charge in [-0.1, -0.05) is 0 Å². The summed E-state index contributed by atoms with van der Waals surface area (Å²) in [5.41, 5.74) is 11.5. The minimum Gasteiger partial charge on any atom is -0.393 e. The fourth-order valence-electron chi connectivity index (χ4n) is 0.864. The summed E-state index contributed by atoms with van der Waals surface area (Å²) in [6, 6.07) is 0. The van der Waals surface area contributed by atoms with Gasteiger partial charge in [0.25, 0.3) is 0 Å². The van der Waals surface area contributed by atoms with Gasteiger partial charge in [-0.2, -0.15) is 0 Å². The lowest BCUT2D eigenvalue weighted by atomic mass is 10.1. The highest BCUT2D eigenvalue weighted by atomic mass is 15.1. The smallest absolute Gasteiger partial charge is 0.155 e. The van der Waals surface area contributed by atoms with E-state index in [1.165, 1.54) is 6.33 Å². The monoisotopic (exact) mass is 181 g/mol. The molecule has 0 unspecified atom stereocenters. The van der Waals surface area contributed by atoms with Gasteiger partial charge in [-0.25, -0.2) is 9.97 Å². The molecule has 1 aromatic heterocycles. The van der Waals surface area contributed by atoms with E-state index >= 15 is 0 Å². The van der Waals surface area contributed by atoms with E-state index in [0.717, 1.165) is 0 Å². The van der Waals surface area contributed by atoms with Gasteiger partial charge in [0, 0.05) is 5.54 Å². The summed E-state index contributed by atoms with van der Waals surface area (Å²) in [6.45, 7) is 6.06. The standard InChI is InChI=1S/C8H15N5/c1-8(2,3)13-7-5(9)6(10)11-4-12-7/h4H,9H2,1-3H3,(H3,10,11,12,13). The van der Waals surface area contributed by atoms with Crippen molar-refractivity contribution in [3.8, 4) is 0 Å². The van der Waals surface area contributed by atoms with E-state index in [0.29, 0.717) is 17.3 Å². The maximum atomic E-state index is 5.68. The minimum absolute atomic E-state index is 0.0884. The lowest BCUT2D eigenvalue weighted by Gasteiger charge is -2.22. The first-order valence-electron chi connectivity index (χ1n) is 4.04. The fraction of sp³-hybridized carbons (Fsp3) is 0.500. The van der Waals surface area contributed by atoms with E-state index in [1.807, 2.05) is 20.8 Å². The molecule has 1 aromatic rings. The van der Waals surface area contributed by atoms with Crippen LogP contribution in [0, 0.1) is 0 Å². The number of aromatic nitrogens is 2. The molecule has 5 nitrogen and oxygen atoms in total. The number of hydrogen-bond donors (Lipinski definition) is 3. The number of rotatable bonds is 1. The van der Waals surface area contributed by atoms with Crippen molar-refractivity contribution >= 4 is 17.3 Å². The van der Waals surface area contributed by atoms with Crippen molar-refractivity contribution < 1.29 is 0 Å². The lowest BCUT2D eigenvalue weighted by Crippen LogP contribution is -2.27. The van der Waals surface area contributed by atoms with Gasteiger partial charge in [0.15, 0.2) is 11.6 Å². The van der Waals surface area contributed by atoms with Crippen LogP contribution in [0.2, 0.25) is 0 Å². The average Bonchev–Trinajstić information content (AvgIpc) is 1.96. The molecule has 1 heterocycles. The van der Waals surface area contributed by atoms with Crippen molar-refractivity contribution in [3.05, 3.63) is 6.33 Å². The van der Waals surface area contributed by atoms with Gasteiger partial charge < -0.3 is 16.8 Å². The number of nitrogens with two attached hydrogens (primary N) is 2. The van der Waals surface area contributed by atoms with E-state index in [2.05, 4.69) is 15.3 Å². The van der Waals surface area contributed by atoms with Crippen LogP contribution in [0.1, 0.15) is 20.8 Å². The van der Waals surface area contributed by atoms with Crippen molar-refractivity contribution in [2.45, 2.75) is 26.3 Å². The SMILES string of the molecule is CC(C)(C)Nc1ncnc(N)c1N. The zero-order valence-electron chi connectivity index (χ0n) is 8.13. The van der Waals surface area contributed by atoms with Gasteiger partial charge in [0.1, 0.15) is 12.0 Å². The van der Waals surface area contributed by atoms with Crippen LogP contribution in [0.25, 0.3) is 0 Å². The zero-order chi connectivity index (χ0) is 10.1. The predicted octanol–water partition coefficient (Wildman–Crippen LogP) is 0.851. The summed E-state index contributed by atoms with van der Waals surface area (Å²) in [7, 11) is 0. The first-order chi connectivity index (χ1) is 5.90. The molecule has 0 saturated heterocycles. The van der Waals surface area contributed by atoms with E-state index in [-0.39, 0.29) is 5.54 Å². The average molecular weight is 181 g/mol. The summed E-state index contributed by atoms with van der Waals surface area (Å²) < 4.78 is 0. The Kier molecular flexibility index (Phi) is 2.27. The van der Waals surface area contributed by atoms with Crippen molar-refractivity contribution in [1.82, 2.24) is 9.97 Å². The zero-order valence-corrected chi connectivity index (χ0v) is 8.13. The molecule has 5 heteroatoms. The molecular formula is C8H15N5. The second-order valence-electron chi connectivity index (χ2n) is 3.90. The third-order valence-electron chi connectivity index (χ3n) is 1.41. The Bertz CT molecular complexity index is 302. The molecule has 0 atom stereocenters. The van der Waals surface area contributed by atoms with Crippen LogP contribution in [-0.4, -0.2) is 15.5 Å². The molecule has 0 aliphatic rings. The Balaban J connectivity index is 2.96. The molecule has 0 bridgehead atoms. The van der Waals surface area contributed by atoms with Gasteiger partial charge in [0.2, 0.25) is 0 Å². The van der Waals surface area contributed by atoms with Crippen molar-refractivity contribution in [2.75, 3.05) is 16.8 Å². The second-order valence-corrected chi connectivity index (χ2v) is 3.90. The van der Waals surface area contributed by atoms with Crippen LogP contribution in [0.5, 0.6) is 0 Å². The van der Waals surface area contributed by atoms with Crippen LogP contribution in [0.15, 0.2) is 6.33 Å². The molecule has 0 aromatic carbocycles. The van der Waals surface area contributed by atoms with Crippen LogP contribution >= 0.6 is 0 Å². The molecule has 72 valence electrons. The number of anilines is 3. The molecular weight excluding hydrogens is 166 g/mol. The van der Waals surface area contributed by atoms with Crippen molar-refractivity contribution in [1.29, 1.82) is 0 Å². The summed E-state index contributed by atoms with van der Waals surface area (Å²) >= 11 is 0. The molecule has 0 spiro atoms. The highest BCUT2D eigenvalue weighted by molar-refractivity contribution is 5.72. The Morgan fingerprint density at radius 2 is 1.85 bits per heavy atom. The Morgan fingerprint density at radius 1 is 1.23 bits per heavy atom. The van der Waals surface area contributed by atoms with Gasteiger partial charge in [0.05, 0.1) is 0 Å².